The van der Waals surface area contributed by atoms with E-state index in [-0.39, 0.29) is 30.8 Å². The van der Waals surface area contributed by atoms with Gasteiger partial charge in [-0.05, 0) is 6.42 Å². The SMILES string of the molecule is CC(C)(C)C(=O)NCCC(=O)NC1C=CC(C(=O)O)C1. The number of carboxylic acid groups (broad SMARTS) is 1. The molecule has 1 rings (SSSR count). The summed E-state index contributed by atoms with van der Waals surface area (Å²) in [4.78, 5) is 34.0. The molecule has 0 saturated heterocycles. The Labute approximate surface area is 118 Å². The molecule has 6 heteroatoms. The molecule has 20 heavy (non-hydrogen) atoms. The minimum atomic E-state index is -0.879. The molecule has 0 heterocycles. The van der Waals surface area contributed by atoms with Crippen molar-refractivity contribution in [3.63, 3.8) is 0 Å². The summed E-state index contributed by atoms with van der Waals surface area (Å²) in [7, 11) is 0. The van der Waals surface area contributed by atoms with E-state index in [0.29, 0.717) is 6.42 Å². The normalized spacial score (nSPS) is 21.6. The van der Waals surface area contributed by atoms with Gasteiger partial charge < -0.3 is 15.7 Å². The van der Waals surface area contributed by atoms with Gasteiger partial charge in [0.05, 0.1) is 5.92 Å². The molecule has 0 aromatic rings. The maximum absolute atomic E-state index is 11.7. The average Bonchev–Trinajstić information content (AvgIpc) is 2.76. The summed E-state index contributed by atoms with van der Waals surface area (Å²) in [5, 5.41) is 14.3. The topological polar surface area (TPSA) is 95.5 Å². The van der Waals surface area contributed by atoms with Gasteiger partial charge in [0.15, 0.2) is 0 Å². The first-order valence-corrected chi connectivity index (χ1v) is 6.69. The van der Waals surface area contributed by atoms with Gasteiger partial charge in [0.1, 0.15) is 0 Å². The summed E-state index contributed by atoms with van der Waals surface area (Å²) in [5.74, 6) is -1.70. The van der Waals surface area contributed by atoms with E-state index in [1.54, 1.807) is 32.9 Å². The van der Waals surface area contributed by atoms with Crippen LogP contribution in [0.1, 0.15) is 33.6 Å². The standard InChI is InChI=1S/C14H22N2O4/c1-14(2,3)13(20)15-7-6-11(17)16-10-5-4-9(8-10)12(18)19/h4-5,9-10H,6-8H2,1-3H3,(H,15,20)(H,16,17)(H,18,19). The highest BCUT2D eigenvalue weighted by Gasteiger charge is 2.25. The lowest BCUT2D eigenvalue weighted by molar-refractivity contribution is -0.140. The Kier molecular flexibility index (Phi) is 5.30. The van der Waals surface area contributed by atoms with Crippen LogP contribution in [0.4, 0.5) is 0 Å². The van der Waals surface area contributed by atoms with Gasteiger partial charge in [0, 0.05) is 24.4 Å². The highest BCUT2D eigenvalue weighted by molar-refractivity contribution is 5.82. The van der Waals surface area contributed by atoms with E-state index in [1.807, 2.05) is 0 Å². The summed E-state index contributed by atoms with van der Waals surface area (Å²) in [6, 6.07) is -0.234. The number of carbonyl (C=O) groups excluding carboxylic acids is 2. The minimum absolute atomic E-state index is 0.1000. The summed E-state index contributed by atoms with van der Waals surface area (Å²) in [6.45, 7) is 5.69. The van der Waals surface area contributed by atoms with Crippen LogP contribution in [0.2, 0.25) is 0 Å². The number of carbonyl (C=O) groups is 3. The molecule has 112 valence electrons. The fourth-order valence-electron chi connectivity index (χ4n) is 1.82. The van der Waals surface area contributed by atoms with E-state index in [9.17, 15) is 14.4 Å². The molecule has 0 spiro atoms. The molecule has 0 aromatic carbocycles. The predicted octanol–water partition coefficient (Wildman–Crippen LogP) is 0.684. The van der Waals surface area contributed by atoms with Crippen LogP contribution in [0.15, 0.2) is 12.2 Å². The van der Waals surface area contributed by atoms with Gasteiger partial charge in [0.25, 0.3) is 0 Å². The van der Waals surface area contributed by atoms with Crippen LogP contribution < -0.4 is 10.6 Å². The van der Waals surface area contributed by atoms with Gasteiger partial charge in [-0.3, -0.25) is 14.4 Å². The maximum Gasteiger partial charge on any atom is 0.310 e. The van der Waals surface area contributed by atoms with Gasteiger partial charge in [-0.1, -0.05) is 32.9 Å². The van der Waals surface area contributed by atoms with Crippen molar-refractivity contribution in [1.82, 2.24) is 10.6 Å². The van der Waals surface area contributed by atoms with E-state index in [4.69, 9.17) is 5.11 Å². The van der Waals surface area contributed by atoms with Gasteiger partial charge in [-0.2, -0.15) is 0 Å². The molecule has 6 nitrogen and oxygen atoms in total. The fourth-order valence-corrected chi connectivity index (χ4v) is 1.82. The molecule has 1 aliphatic carbocycles. The van der Waals surface area contributed by atoms with E-state index in [2.05, 4.69) is 10.6 Å². The molecule has 0 aromatic heterocycles. The highest BCUT2D eigenvalue weighted by atomic mass is 16.4. The first kappa shape index (κ1) is 16.2. The first-order chi connectivity index (χ1) is 9.20. The van der Waals surface area contributed by atoms with Crippen LogP contribution in [0.5, 0.6) is 0 Å². The van der Waals surface area contributed by atoms with Crippen LogP contribution >= 0.6 is 0 Å². The van der Waals surface area contributed by atoms with Crippen LogP contribution in [-0.2, 0) is 14.4 Å². The minimum Gasteiger partial charge on any atom is -0.481 e. The number of hydrogen-bond donors (Lipinski definition) is 3. The van der Waals surface area contributed by atoms with Crippen molar-refractivity contribution in [2.45, 2.75) is 39.7 Å². The van der Waals surface area contributed by atoms with Crippen LogP contribution in [0.25, 0.3) is 0 Å². The lowest BCUT2D eigenvalue weighted by Crippen LogP contribution is -2.39. The molecule has 3 N–H and O–H groups in total. The van der Waals surface area contributed by atoms with Crippen LogP contribution in [-0.4, -0.2) is 35.5 Å². The van der Waals surface area contributed by atoms with Gasteiger partial charge in [0.2, 0.25) is 11.8 Å². The molecule has 0 bridgehead atoms. The van der Waals surface area contributed by atoms with Crippen molar-refractivity contribution < 1.29 is 19.5 Å². The van der Waals surface area contributed by atoms with Gasteiger partial charge in [-0.15, -0.1) is 0 Å². The fraction of sp³-hybridized carbons (Fsp3) is 0.643. The maximum atomic E-state index is 11.7. The quantitative estimate of drug-likeness (QED) is 0.646. The van der Waals surface area contributed by atoms with Crippen LogP contribution in [0.3, 0.4) is 0 Å². The van der Waals surface area contributed by atoms with E-state index < -0.39 is 17.3 Å². The molecule has 0 radical (unpaired) electrons. The second-order valence-corrected chi connectivity index (χ2v) is 6.00. The number of amides is 2. The summed E-state index contributed by atoms with van der Waals surface area (Å²) in [6.07, 6.45) is 3.86. The molecule has 0 aliphatic heterocycles. The molecule has 2 atom stereocenters. The smallest absolute Gasteiger partial charge is 0.310 e. The zero-order valence-electron chi connectivity index (χ0n) is 12.1. The summed E-state index contributed by atoms with van der Waals surface area (Å²) < 4.78 is 0. The number of aliphatic carboxylic acids is 1. The molecular formula is C14H22N2O4. The number of rotatable bonds is 5. The third-order valence-electron chi connectivity index (χ3n) is 3.07. The van der Waals surface area contributed by atoms with Crippen molar-refractivity contribution in [1.29, 1.82) is 0 Å². The molecule has 1 aliphatic rings. The Morgan fingerprint density at radius 1 is 1.25 bits per heavy atom. The average molecular weight is 282 g/mol. The van der Waals surface area contributed by atoms with E-state index in [1.165, 1.54) is 0 Å². The zero-order chi connectivity index (χ0) is 15.3. The largest absolute Gasteiger partial charge is 0.481 e. The Hall–Kier alpha value is -1.85. The predicted molar refractivity (Wildman–Crippen MR) is 73.9 cm³/mol. The zero-order valence-corrected chi connectivity index (χ0v) is 12.1. The lowest BCUT2D eigenvalue weighted by atomic mass is 9.96. The molecule has 2 unspecified atom stereocenters. The number of hydrogen-bond acceptors (Lipinski definition) is 3. The van der Waals surface area contributed by atoms with Crippen molar-refractivity contribution in [2.24, 2.45) is 11.3 Å². The molecular weight excluding hydrogens is 260 g/mol. The number of carboxylic acids is 1. The van der Waals surface area contributed by atoms with E-state index in [0.717, 1.165) is 0 Å². The van der Waals surface area contributed by atoms with E-state index >= 15 is 0 Å². The molecule has 0 fully saturated rings. The highest BCUT2D eigenvalue weighted by Crippen LogP contribution is 2.18. The third kappa shape index (κ3) is 5.03. The van der Waals surface area contributed by atoms with Gasteiger partial charge in [-0.25, -0.2) is 0 Å². The van der Waals surface area contributed by atoms with Crippen molar-refractivity contribution >= 4 is 17.8 Å². The number of nitrogens with one attached hydrogen (secondary N) is 2. The van der Waals surface area contributed by atoms with Crippen molar-refractivity contribution in [3.8, 4) is 0 Å². The second-order valence-electron chi connectivity index (χ2n) is 6.00. The molecule has 0 saturated carbocycles. The van der Waals surface area contributed by atoms with Gasteiger partial charge >= 0.3 is 5.97 Å². The first-order valence-electron chi connectivity index (χ1n) is 6.69. The second kappa shape index (κ2) is 6.54. The van der Waals surface area contributed by atoms with Crippen molar-refractivity contribution in [3.05, 3.63) is 12.2 Å². The Morgan fingerprint density at radius 3 is 2.40 bits per heavy atom. The Balaban J connectivity index is 2.24. The summed E-state index contributed by atoms with van der Waals surface area (Å²) in [5.41, 5.74) is -0.473. The summed E-state index contributed by atoms with van der Waals surface area (Å²) >= 11 is 0. The lowest BCUT2D eigenvalue weighted by Gasteiger charge is -2.18. The van der Waals surface area contributed by atoms with Crippen molar-refractivity contribution in [2.75, 3.05) is 6.54 Å². The third-order valence-corrected chi connectivity index (χ3v) is 3.07. The Morgan fingerprint density at radius 2 is 1.90 bits per heavy atom. The Bertz CT molecular complexity index is 423. The monoisotopic (exact) mass is 282 g/mol. The molecule has 2 amide bonds. The van der Waals surface area contributed by atoms with Crippen LogP contribution in [0, 0.1) is 11.3 Å².